The van der Waals surface area contributed by atoms with E-state index in [1.807, 2.05) is 39.9 Å². The number of rotatable bonds is 3. The largest absolute Gasteiger partial charge is 0.368 e. The van der Waals surface area contributed by atoms with E-state index in [1.165, 1.54) is 0 Å². The third-order valence-electron chi connectivity index (χ3n) is 4.83. The highest BCUT2D eigenvalue weighted by Gasteiger charge is 2.30. The van der Waals surface area contributed by atoms with Gasteiger partial charge in [-0.3, -0.25) is 14.3 Å². The SMILES string of the molecule is O=C(Nc1ccccc1)c1cc2n(n1)CCN(C(=O)C1CCCCO1)C2. The maximum absolute atomic E-state index is 12.6. The second-order valence-electron chi connectivity index (χ2n) is 6.68. The number of fused-ring (bicyclic) bond motifs is 1. The molecule has 4 rings (SSSR count). The quantitative estimate of drug-likeness (QED) is 0.915. The number of amides is 2. The molecule has 0 radical (unpaired) electrons. The van der Waals surface area contributed by atoms with Crippen LogP contribution >= 0.6 is 0 Å². The zero-order valence-corrected chi connectivity index (χ0v) is 14.6. The normalized spacial score (nSPS) is 19.7. The standard InChI is InChI=1S/C19H22N4O3/c24-18(20-14-6-2-1-3-7-14)16-12-15-13-22(9-10-23(15)21-16)19(25)17-8-4-5-11-26-17/h1-3,6-7,12,17H,4-5,8-11,13H2,(H,20,24). The number of ether oxygens (including phenoxy) is 1. The molecule has 1 N–H and O–H groups in total. The molecule has 1 aromatic carbocycles. The molecular weight excluding hydrogens is 332 g/mol. The number of nitrogens with one attached hydrogen (secondary N) is 1. The fraction of sp³-hybridized carbons (Fsp3) is 0.421. The minimum Gasteiger partial charge on any atom is -0.368 e. The summed E-state index contributed by atoms with van der Waals surface area (Å²) in [5, 5.41) is 7.23. The Morgan fingerprint density at radius 3 is 2.77 bits per heavy atom. The Bertz CT molecular complexity index is 796. The number of hydrogen-bond acceptors (Lipinski definition) is 4. The molecule has 2 amide bonds. The zero-order valence-electron chi connectivity index (χ0n) is 14.6. The van der Waals surface area contributed by atoms with Crippen molar-refractivity contribution in [1.82, 2.24) is 14.7 Å². The third-order valence-corrected chi connectivity index (χ3v) is 4.83. The molecule has 0 spiro atoms. The number of aromatic nitrogens is 2. The van der Waals surface area contributed by atoms with Crippen molar-refractivity contribution in [2.24, 2.45) is 0 Å². The molecule has 1 saturated heterocycles. The molecule has 2 aromatic rings. The number of benzene rings is 1. The Labute approximate surface area is 151 Å². The van der Waals surface area contributed by atoms with Crippen LogP contribution in [0.25, 0.3) is 0 Å². The van der Waals surface area contributed by atoms with Crippen molar-refractivity contribution in [3.63, 3.8) is 0 Å². The molecule has 0 aliphatic carbocycles. The fourth-order valence-electron chi connectivity index (χ4n) is 3.42. The lowest BCUT2D eigenvalue weighted by Gasteiger charge is -2.32. The van der Waals surface area contributed by atoms with Crippen LogP contribution in [0.15, 0.2) is 36.4 Å². The van der Waals surface area contributed by atoms with Gasteiger partial charge in [0, 0.05) is 18.8 Å². The van der Waals surface area contributed by atoms with Crippen molar-refractivity contribution in [2.75, 3.05) is 18.5 Å². The molecule has 3 heterocycles. The molecule has 136 valence electrons. The van der Waals surface area contributed by atoms with Crippen molar-refractivity contribution in [1.29, 1.82) is 0 Å². The summed E-state index contributed by atoms with van der Waals surface area (Å²) < 4.78 is 7.42. The number of carbonyl (C=O) groups is 2. The number of anilines is 1. The number of hydrogen-bond donors (Lipinski definition) is 1. The van der Waals surface area contributed by atoms with Crippen LogP contribution in [0.2, 0.25) is 0 Å². The highest BCUT2D eigenvalue weighted by atomic mass is 16.5. The van der Waals surface area contributed by atoms with Crippen LogP contribution in [-0.4, -0.2) is 45.8 Å². The predicted molar refractivity (Wildman–Crippen MR) is 95.6 cm³/mol. The summed E-state index contributed by atoms with van der Waals surface area (Å²) in [6.07, 6.45) is 2.53. The van der Waals surface area contributed by atoms with Gasteiger partial charge < -0.3 is 15.0 Å². The molecular formula is C19H22N4O3. The van der Waals surface area contributed by atoms with E-state index < -0.39 is 0 Å². The maximum atomic E-state index is 12.6. The minimum absolute atomic E-state index is 0.0486. The number of nitrogens with zero attached hydrogens (tertiary/aromatic N) is 3. The Kier molecular flexibility index (Phi) is 4.71. The van der Waals surface area contributed by atoms with Gasteiger partial charge in [-0.2, -0.15) is 5.10 Å². The van der Waals surface area contributed by atoms with Crippen LogP contribution in [-0.2, 0) is 22.6 Å². The average molecular weight is 354 g/mol. The Morgan fingerprint density at radius 1 is 1.15 bits per heavy atom. The van der Waals surface area contributed by atoms with Gasteiger partial charge in [0.25, 0.3) is 11.8 Å². The van der Waals surface area contributed by atoms with Gasteiger partial charge in [0.1, 0.15) is 6.10 Å². The first-order valence-electron chi connectivity index (χ1n) is 9.04. The molecule has 2 aliphatic heterocycles. The van der Waals surface area contributed by atoms with Crippen molar-refractivity contribution >= 4 is 17.5 Å². The molecule has 26 heavy (non-hydrogen) atoms. The molecule has 0 bridgehead atoms. The topological polar surface area (TPSA) is 76.5 Å². The van der Waals surface area contributed by atoms with E-state index in [9.17, 15) is 9.59 Å². The van der Waals surface area contributed by atoms with Crippen molar-refractivity contribution in [3.8, 4) is 0 Å². The minimum atomic E-state index is -0.320. The van der Waals surface area contributed by atoms with Crippen LogP contribution < -0.4 is 5.32 Å². The lowest BCUT2D eigenvalue weighted by molar-refractivity contribution is -0.148. The highest BCUT2D eigenvalue weighted by Crippen LogP contribution is 2.20. The molecule has 7 nitrogen and oxygen atoms in total. The van der Waals surface area contributed by atoms with Crippen LogP contribution in [0.1, 0.15) is 35.4 Å². The van der Waals surface area contributed by atoms with Gasteiger partial charge in [-0.15, -0.1) is 0 Å². The van der Waals surface area contributed by atoms with Gasteiger partial charge in [-0.25, -0.2) is 0 Å². The van der Waals surface area contributed by atoms with E-state index in [1.54, 1.807) is 6.07 Å². The zero-order chi connectivity index (χ0) is 17.9. The number of para-hydroxylation sites is 1. The first-order valence-corrected chi connectivity index (χ1v) is 9.04. The van der Waals surface area contributed by atoms with Crippen molar-refractivity contribution in [3.05, 3.63) is 47.8 Å². The molecule has 7 heteroatoms. The van der Waals surface area contributed by atoms with Gasteiger partial charge >= 0.3 is 0 Å². The Morgan fingerprint density at radius 2 is 2.00 bits per heavy atom. The van der Waals surface area contributed by atoms with Crippen molar-refractivity contribution in [2.45, 2.75) is 38.5 Å². The first kappa shape index (κ1) is 16.8. The Hall–Kier alpha value is -2.67. The van der Waals surface area contributed by atoms with E-state index in [2.05, 4.69) is 10.4 Å². The molecule has 1 atom stereocenters. The monoisotopic (exact) mass is 354 g/mol. The highest BCUT2D eigenvalue weighted by molar-refractivity contribution is 6.02. The fourth-order valence-corrected chi connectivity index (χ4v) is 3.42. The second-order valence-corrected chi connectivity index (χ2v) is 6.68. The Balaban J connectivity index is 1.43. The summed E-state index contributed by atoms with van der Waals surface area (Å²) in [6, 6.07) is 11.1. The van der Waals surface area contributed by atoms with E-state index in [-0.39, 0.29) is 17.9 Å². The summed E-state index contributed by atoms with van der Waals surface area (Å²) in [4.78, 5) is 26.9. The smallest absolute Gasteiger partial charge is 0.276 e. The van der Waals surface area contributed by atoms with Crippen LogP contribution in [0, 0.1) is 0 Å². The third kappa shape index (κ3) is 3.48. The predicted octanol–water partition coefficient (Wildman–Crippen LogP) is 2.05. The lowest BCUT2D eigenvalue weighted by atomic mass is 10.1. The van der Waals surface area contributed by atoms with Gasteiger partial charge in [0.05, 0.1) is 18.8 Å². The van der Waals surface area contributed by atoms with Gasteiger partial charge in [-0.1, -0.05) is 18.2 Å². The molecule has 0 saturated carbocycles. The van der Waals surface area contributed by atoms with E-state index >= 15 is 0 Å². The van der Waals surface area contributed by atoms with Crippen LogP contribution in [0.3, 0.4) is 0 Å². The van der Waals surface area contributed by atoms with Gasteiger partial charge in [-0.05, 0) is 37.5 Å². The summed E-state index contributed by atoms with van der Waals surface area (Å²) in [7, 11) is 0. The second kappa shape index (κ2) is 7.29. The molecule has 2 aliphatic rings. The molecule has 1 aromatic heterocycles. The van der Waals surface area contributed by atoms with Gasteiger partial charge in [0.2, 0.25) is 0 Å². The van der Waals surface area contributed by atoms with E-state index in [0.29, 0.717) is 31.9 Å². The maximum Gasteiger partial charge on any atom is 0.276 e. The van der Waals surface area contributed by atoms with Crippen LogP contribution in [0.4, 0.5) is 5.69 Å². The van der Waals surface area contributed by atoms with Gasteiger partial charge in [0.15, 0.2) is 5.69 Å². The summed E-state index contributed by atoms with van der Waals surface area (Å²) in [6.45, 7) is 2.30. The summed E-state index contributed by atoms with van der Waals surface area (Å²) >= 11 is 0. The van der Waals surface area contributed by atoms with E-state index in [0.717, 1.165) is 30.6 Å². The van der Waals surface area contributed by atoms with E-state index in [4.69, 9.17) is 4.74 Å². The number of carbonyl (C=O) groups excluding carboxylic acids is 2. The molecule has 1 unspecified atom stereocenters. The van der Waals surface area contributed by atoms with Crippen molar-refractivity contribution < 1.29 is 14.3 Å². The average Bonchev–Trinajstić information content (AvgIpc) is 3.12. The summed E-state index contributed by atoms with van der Waals surface area (Å²) in [5.41, 5.74) is 1.97. The molecule has 1 fully saturated rings. The van der Waals surface area contributed by atoms with Crippen LogP contribution in [0.5, 0.6) is 0 Å². The summed E-state index contributed by atoms with van der Waals surface area (Å²) in [5.74, 6) is -0.195. The lowest BCUT2D eigenvalue weighted by Crippen LogP contribution is -2.45. The first-order chi connectivity index (χ1) is 12.7.